The van der Waals surface area contributed by atoms with Crippen molar-refractivity contribution < 1.29 is 29.9 Å². The Morgan fingerprint density at radius 1 is 0.408 bits per heavy atom. The van der Waals surface area contributed by atoms with Crippen LogP contribution in [0.15, 0.2) is 133 Å². The lowest BCUT2D eigenvalue weighted by Crippen LogP contribution is -1.93. The first kappa shape index (κ1) is 31.2. The van der Waals surface area contributed by atoms with Gasteiger partial charge in [-0.2, -0.15) is 0 Å². The molecule has 0 bridgehead atoms. The van der Waals surface area contributed by atoms with Crippen LogP contribution in [-0.2, 0) is 6.42 Å². The van der Waals surface area contributed by atoms with Crippen LogP contribution in [0, 0.1) is 0 Å². The molecule has 0 radical (unpaired) electrons. The Kier molecular flexibility index (Phi) is 8.29. The number of benzene rings is 8. The molecular weight excluding hydrogens is 612 g/mol. The van der Waals surface area contributed by atoms with E-state index in [-0.39, 0.29) is 23.0 Å². The molecule has 49 heavy (non-hydrogen) atoms. The van der Waals surface area contributed by atoms with Crippen LogP contribution in [0.4, 0.5) is 0 Å². The lowest BCUT2D eigenvalue weighted by Gasteiger charge is -2.16. The van der Waals surface area contributed by atoms with Crippen LogP contribution in [0.25, 0.3) is 54.2 Å². The molecule has 0 fully saturated rings. The molecule has 0 amide bonds. The molecule has 0 saturated carbocycles. The van der Waals surface area contributed by atoms with E-state index in [1.54, 1.807) is 38.5 Å². The van der Waals surface area contributed by atoms with E-state index in [9.17, 15) is 20.4 Å². The Bertz CT molecular complexity index is 2330. The summed E-state index contributed by atoms with van der Waals surface area (Å²) in [4.78, 5) is 0. The largest absolute Gasteiger partial charge is 0.508 e. The van der Waals surface area contributed by atoms with Crippen LogP contribution in [0.3, 0.4) is 0 Å². The number of phenolic OH excluding ortho intramolecular Hbond substituents is 4. The average Bonchev–Trinajstić information content (AvgIpc) is 3.15. The highest BCUT2D eigenvalue weighted by Crippen LogP contribution is 2.48. The van der Waals surface area contributed by atoms with Gasteiger partial charge in [0, 0.05) is 50.2 Å². The van der Waals surface area contributed by atoms with Gasteiger partial charge in [0.2, 0.25) is 0 Å². The summed E-state index contributed by atoms with van der Waals surface area (Å²) in [5.41, 5.74) is 2.66. The highest BCUT2D eigenvalue weighted by Gasteiger charge is 2.19. The molecular formula is C43H34O6. The van der Waals surface area contributed by atoms with Crippen molar-refractivity contribution in [3.63, 3.8) is 0 Å². The van der Waals surface area contributed by atoms with E-state index in [0.717, 1.165) is 43.4 Å². The molecule has 4 N–H and O–H groups in total. The SMILES string of the molecule is COc1cc(-c2cc(OC)c3ccccc3c2O)c(O)c2ccccc12.Oc1ccc2ccccc2c1Cc1c(O)ccc2ccccc12. The van der Waals surface area contributed by atoms with Crippen molar-refractivity contribution in [3.8, 4) is 45.6 Å². The molecule has 0 aromatic heterocycles. The third-order valence-electron chi connectivity index (χ3n) is 9.07. The minimum Gasteiger partial charge on any atom is -0.508 e. The number of hydrogen-bond acceptors (Lipinski definition) is 6. The van der Waals surface area contributed by atoms with Gasteiger partial charge in [0.1, 0.15) is 34.5 Å². The zero-order valence-corrected chi connectivity index (χ0v) is 27.0. The van der Waals surface area contributed by atoms with Crippen LogP contribution >= 0.6 is 0 Å². The molecule has 8 rings (SSSR count). The van der Waals surface area contributed by atoms with E-state index in [1.165, 1.54) is 0 Å². The first-order valence-corrected chi connectivity index (χ1v) is 15.9. The van der Waals surface area contributed by atoms with Crippen LogP contribution in [0.5, 0.6) is 34.5 Å². The molecule has 0 heterocycles. The summed E-state index contributed by atoms with van der Waals surface area (Å²) in [7, 11) is 3.17. The Labute approximate surface area is 283 Å². The van der Waals surface area contributed by atoms with Crippen LogP contribution in [0.1, 0.15) is 11.1 Å². The van der Waals surface area contributed by atoms with Crippen molar-refractivity contribution >= 4 is 43.1 Å². The van der Waals surface area contributed by atoms with Gasteiger partial charge < -0.3 is 29.9 Å². The third kappa shape index (κ3) is 5.63. The Morgan fingerprint density at radius 3 is 1.14 bits per heavy atom. The fourth-order valence-electron chi connectivity index (χ4n) is 6.60. The summed E-state index contributed by atoms with van der Waals surface area (Å²) >= 11 is 0. The second kappa shape index (κ2) is 13.0. The van der Waals surface area contributed by atoms with E-state index in [0.29, 0.717) is 39.8 Å². The van der Waals surface area contributed by atoms with Gasteiger partial charge in [-0.15, -0.1) is 0 Å². The fraction of sp³-hybridized carbons (Fsp3) is 0.0698. The molecule has 8 aromatic rings. The monoisotopic (exact) mass is 646 g/mol. The van der Waals surface area contributed by atoms with Gasteiger partial charge in [0.15, 0.2) is 0 Å². The van der Waals surface area contributed by atoms with Crippen molar-refractivity contribution in [2.75, 3.05) is 14.2 Å². The summed E-state index contributed by atoms with van der Waals surface area (Å²) in [5, 5.41) is 49.6. The lowest BCUT2D eigenvalue weighted by atomic mass is 9.94. The van der Waals surface area contributed by atoms with Gasteiger partial charge >= 0.3 is 0 Å². The summed E-state index contributed by atoms with van der Waals surface area (Å²) in [6.07, 6.45) is 0.486. The third-order valence-corrected chi connectivity index (χ3v) is 9.07. The first-order valence-electron chi connectivity index (χ1n) is 15.9. The molecule has 0 aliphatic heterocycles. The van der Waals surface area contributed by atoms with E-state index < -0.39 is 0 Å². The highest BCUT2D eigenvalue weighted by molar-refractivity contribution is 6.04. The van der Waals surface area contributed by atoms with Crippen molar-refractivity contribution in [3.05, 3.63) is 145 Å². The maximum absolute atomic E-state index is 10.9. The number of fused-ring (bicyclic) bond motifs is 4. The second-order valence-corrected chi connectivity index (χ2v) is 11.8. The zero-order chi connectivity index (χ0) is 34.1. The predicted molar refractivity (Wildman–Crippen MR) is 197 cm³/mol. The molecule has 0 spiro atoms. The lowest BCUT2D eigenvalue weighted by molar-refractivity contribution is 0.417. The van der Waals surface area contributed by atoms with Crippen molar-refractivity contribution in [2.45, 2.75) is 6.42 Å². The summed E-state index contributed by atoms with van der Waals surface area (Å²) in [6, 6.07) is 41.6. The zero-order valence-electron chi connectivity index (χ0n) is 27.0. The molecule has 6 nitrogen and oxygen atoms in total. The number of aromatic hydroxyl groups is 4. The fourth-order valence-corrected chi connectivity index (χ4v) is 6.60. The number of ether oxygens (including phenoxy) is 2. The Hall–Kier alpha value is -6.40. The minimum atomic E-state index is 0.0917. The normalized spacial score (nSPS) is 11.1. The highest BCUT2D eigenvalue weighted by atomic mass is 16.5. The second-order valence-electron chi connectivity index (χ2n) is 11.8. The topological polar surface area (TPSA) is 99.4 Å². The number of methoxy groups -OCH3 is 2. The minimum absolute atomic E-state index is 0.0917. The van der Waals surface area contributed by atoms with E-state index in [1.807, 2.05) is 109 Å². The van der Waals surface area contributed by atoms with E-state index in [2.05, 4.69) is 0 Å². The molecule has 6 heteroatoms. The Morgan fingerprint density at radius 2 is 0.755 bits per heavy atom. The van der Waals surface area contributed by atoms with Crippen LogP contribution in [-0.4, -0.2) is 34.6 Å². The quantitative estimate of drug-likeness (QED) is 0.149. The maximum Gasteiger partial charge on any atom is 0.131 e. The van der Waals surface area contributed by atoms with Gasteiger partial charge in [0.05, 0.1) is 14.2 Å². The maximum atomic E-state index is 10.9. The van der Waals surface area contributed by atoms with Crippen LogP contribution < -0.4 is 9.47 Å². The van der Waals surface area contributed by atoms with Gasteiger partial charge in [-0.1, -0.05) is 109 Å². The molecule has 0 saturated heterocycles. The van der Waals surface area contributed by atoms with Crippen molar-refractivity contribution in [2.24, 2.45) is 0 Å². The standard InChI is InChI=1S/C22H18O4.C21H16O2/c1-25-19-11-17(21(23)15-9-5-3-7-13(15)19)18-12-20(26-2)14-8-4-6-10-16(14)22(18)24;22-20-11-9-14-5-1-3-7-16(14)18(20)13-19-17-8-4-2-6-15(17)10-12-21(19)23/h3-12,23-24H,1-2H3;1-12,22-23H,13H2. The summed E-state index contributed by atoms with van der Waals surface area (Å²) in [6.45, 7) is 0. The molecule has 0 aliphatic rings. The Balaban J connectivity index is 0.000000155. The van der Waals surface area contributed by atoms with Crippen molar-refractivity contribution in [1.82, 2.24) is 0 Å². The van der Waals surface area contributed by atoms with E-state index >= 15 is 0 Å². The molecule has 0 aliphatic carbocycles. The van der Waals surface area contributed by atoms with Gasteiger partial charge in [-0.3, -0.25) is 0 Å². The molecule has 8 aromatic carbocycles. The summed E-state index contributed by atoms with van der Waals surface area (Å²) in [5.74, 6) is 1.95. The summed E-state index contributed by atoms with van der Waals surface area (Å²) < 4.78 is 11.0. The number of rotatable bonds is 5. The van der Waals surface area contributed by atoms with E-state index in [4.69, 9.17) is 9.47 Å². The molecule has 242 valence electrons. The number of phenols is 4. The van der Waals surface area contributed by atoms with Gasteiger partial charge in [-0.05, 0) is 45.8 Å². The van der Waals surface area contributed by atoms with Gasteiger partial charge in [-0.25, -0.2) is 0 Å². The predicted octanol–water partition coefficient (Wildman–Crippen LogP) is 10.1. The first-order chi connectivity index (χ1) is 23.9. The smallest absolute Gasteiger partial charge is 0.131 e. The number of hydrogen-bond donors (Lipinski definition) is 4. The molecule has 0 unspecified atom stereocenters. The molecule has 0 atom stereocenters. The van der Waals surface area contributed by atoms with Crippen LogP contribution in [0.2, 0.25) is 0 Å². The van der Waals surface area contributed by atoms with Gasteiger partial charge in [0.25, 0.3) is 0 Å². The average molecular weight is 647 g/mol. The van der Waals surface area contributed by atoms with Crippen molar-refractivity contribution in [1.29, 1.82) is 0 Å².